The lowest BCUT2D eigenvalue weighted by molar-refractivity contribution is -0.113. The Kier molecular flexibility index (Phi) is 4.26. The summed E-state index contributed by atoms with van der Waals surface area (Å²) in [4.78, 5) is 11.9. The van der Waals surface area contributed by atoms with Gasteiger partial charge in [0.05, 0.1) is 5.75 Å². The lowest BCUT2D eigenvalue weighted by Crippen LogP contribution is -2.13. The van der Waals surface area contributed by atoms with Crippen LogP contribution < -0.4 is 14.8 Å². The highest BCUT2D eigenvalue weighted by Gasteiger charge is 2.17. The summed E-state index contributed by atoms with van der Waals surface area (Å²) in [7, 11) is 0. The molecule has 0 bridgehead atoms. The van der Waals surface area contributed by atoms with Crippen LogP contribution in [0.4, 0.5) is 5.69 Å². The number of nitrogens with one attached hydrogen (secondary N) is 1. The maximum atomic E-state index is 11.9. The summed E-state index contributed by atoms with van der Waals surface area (Å²) in [5.41, 5.74) is 1.48. The minimum Gasteiger partial charge on any atom is -0.454 e. The number of para-hydroxylation sites is 1. The van der Waals surface area contributed by atoms with Crippen LogP contribution in [0.25, 0.3) is 11.5 Å². The minimum absolute atomic E-state index is 0.140. The van der Waals surface area contributed by atoms with E-state index in [-0.39, 0.29) is 18.5 Å². The average Bonchev–Trinajstić information content (AvgIpc) is 3.29. The zero-order valence-electron chi connectivity index (χ0n) is 13.0. The van der Waals surface area contributed by atoms with Gasteiger partial charge in [-0.25, -0.2) is 0 Å². The van der Waals surface area contributed by atoms with Crippen LogP contribution in [0, 0.1) is 0 Å². The van der Waals surface area contributed by atoms with E-state index < -0.39 is 0 Å². The molecule has 0 fully saturated rings. The summed E-state index contributed by atoms with van der Waals surface area (Å²) < 4.78 is 16.2. The quantitative estimate of drug-likeness (QED) is 0.703. The van der Waals surface area contributed by atoms with Crippen molar-refractivity contribution in [2.24, 2.45) is 0 Å². The number of ether oxygens (including phenoxy) is 2. The van der Waals surface area contributed by atoms with E-state index in [1.54, 1.807) is 12.1 Å². The molecule has 0 unspecified atom stereocenters. The number of rotatable bonds is 5. The van der Waals surface area contributed by atoms with Gasteiger partial charge >= 0.3 is 0 Å². The Morgan fingerprint density at radius 2 is 1.92 bits per heavy atom. The molecule has 7 nitrogen and oxygen atoms in total. The maximum absolute atomic E-state index is 11.9. The van der Waals surface area contributed by atoms with Gasteiger partial charge in [-0.05, 0) is 30.3 Å². The largest absolute Gasteiger partial charge is 0.454 e. The van der Waals surface area contributed by atoms with Crippen LogP contribution in [0.2, 0.25) is 0 Å². The van der Waals surface area contributed by atoms with Crippen molar-refractivity contribution in [1.82, 2.24) is 10.2 Å². The highest BCUT2D eigenvalue weighted by atomic mass is 32.2. The van der Waals surface area contributed by atoms with Crippen LogP contribution in [0.1, 0.15) is 0 Å². The van der Waals surface area contributed by atoms with Crippen molar-refractivity contribution in [2.75, 3.05) is 17.9 Å². The van der Waals surface area contributed by atoms with Gasteiger partial charge < -0.3 is 19.2 Å². The summed E-state index contributed by atoms with van der Waals surface area (Å²) in [6, 6.07) is 14.7. The van der Waals surface area contributed by atoms with Crippen molar-refractivity contribution in [3.63, 3.8) is 0 Å². The van der Waals surface area contributed by atoms with Gasteiger partial charge in [-0.15, -0.1) is 10.2 Å². The van der Waals surface area contributed by atoms with Crippen molar-refractivity contribution >= 4 is 23.4 Å². The number of anilines is 1. The Labute approximate surface area is 147 Å². The fraction of sp³-hybridized carbons (Fsp3) is 0.118. The number of nitrogens with zero attached hydrogens (tertiary/aromatic N) is 2. The number of hydrogen-bond acceptors (Lipinski definition) is 7. The number of aromatic nitrogens is 2. The Morgan fingerprint density at radius 1 is 1.08 bits per heavy atom. The maximum Gasteiger partial charge on any atom is 0.277 e. The van der Waals surface area contributed by atoms with Crippen LogP contribution in [0.3, 0.4) is 0 Å². The van der Waals surface area contributed by atoms with Crippen molar-refractivity contribution < 1.29 is 18.7 Å². The van der Waals surface area contributed by atoms with E-state index in [0.717, 1.165) is 11.3 Å². The third-order valence-corrected chi connectivity index (χ3v) is 4.23. The molecule has 1 N–H and O–H groups in total. The number of fused-ring (bicyclic) bond motifs is 1. The highest BCUT2D eigenvalue weighted by molar-refractivity contribution is 7.99. The van der Waals surface area contributed by atoms with Gasteiger partial charge in [-0.1, -0.05) is 30.0 Å². The van der Waals surface area contributed by atoms with Crippen molar-refractivity contribution in [2.45, 2.75) is 5.22 Å². The molecule has 2 aromatic carbocycles. The Morgan fingerprint density at radius 3 is 2.80 bits per heavy atom. The minimum atomic E-state index is -0.140. The molecular formula is C17H13N3O4S. The van der Waals surface area contributed by atoms with Gasteiger partial charge in [0.1, 0.15) is 0 Å². The second-order valence-corrected chi connectivity index (χ2v) is 6.07. The second-order valence-electron chi connectivity index (χ2n) is 5.14. The molecule has 0 saturated heterocycles. The predicted octanol–water partition coefficient (Wildman–Crippen LogP) is 3.20. The number of carbonyl (C=O) groups is 1. The average molecular weight is 355 g/mol. The van der Waals surface area contributed by atoms with Crippen molar-refractivity contribution in [1.29, 1.82) is 0 Å². The summed E-state index contributed by atoms with van der Waals surface area (Å²) in [6.07, 6.45) is 0. The van der Waals surface area contributed by atoms with Crippen LogP contribution in [0.5, 0.6) is 11.5 Å². The third kappa shape index (κ3) is 3.58. The fourth-order valence-electron chi connectivity index (χ4n) is 2.26. The lowest BCUT2D eigenvalue weighted by Gasteiger charge is -2.02. The number of hydrogen-bond donors (Lipinski definition) is 1. The molecule has 3 aromatic rings. The Balaban J connectivity index is 1.37. The molecule has 0 spiro atoms. The molecule has 4 rings (SSSR count). The molecule has 25 heavy (non-hydrogen) atoms. The topological polar surface area (TPSA) is 86.5 Å². The number of thioether (sulfide) groups is 1. The van der Waals surface area contributed by atoms with Gasteiger partial charge in [-0.3, -0.25) is 4.79 Å². The molecule has 0 saturated carbocycles. The normalized spacial score (nSPS) is 12.2. The molecule has 1 aliphatic heterocycles. The van der Waals surface area contributed by atoms with Gasteiger partial charge in [0, 0.05) is 11.3 Å². The van der Waals surface area contributed by atoms with Crippen LogP contribution in [-0.2, 0) is 4.79 Å². The molecule has 0 radical (unpaired) electrons. The fourth-order valence-corrected chi connectivity index (χ4v) is 2.82. The summed E-state index contributed by atoms with van der Waals surface area (Å²) >= 11 is 1.18. The number of carbonyl (C=O) groups excluding carboxylic acids is 1. The van der Waals surface area contributed by atoms with Crippen LogP contribution >= 0.6 is 11.8 Å². The zero-order chi connectivity index (χ0) is 17.1. The second kappa shape index (κ2) is 6.86. The first-order valence-corrected chi connectivity index (χ1v) is 8.48. The van der Waals surface area contributed by atoms with Gasteiger partial charge in [0.2, 0.25) is 18.6 Å². The standard InChI is InChI=1S/C17H13N3O4S/c21-15(18-12-4-2-1-3-5-12)9-25-17-20-19-16(24-17)11-6-7-13-14(8-11)23-10-22-13/h1-8H,9-10H2,(H,18,21). The van der Waals surface area contributed by atoms with E-state index >= 15 is 0 Å². The van der Waals surface area contributed by atoms with Gasteiger partial charge in [0.15, 0.2) is 11.5 Å². The van der Waals surface area contributed by atoms with Crippen molar-refractivity contribution in [3.8, 4) is 23.0 Å². The van der Waals surface area contributed by atoms with E-state index in [1.165, 1.54) is 11.8 Å². The summed E-state index contributed by atoms with van der Waals surface area (Å²) in [5.74, 6) is 1.74. The van der Waals surface area contributed by atoms with Gasteiger partial charge in [-0.2, -0.15) is 0 Å². The molecule has 0 atom stereocenters. The summed E-state index contributed by atoms with van der Waals surface area (Å²) in [5, 5.41) is 11.1. The van der Waals surface area contributed by atoms with Crippen LogP contribution in [0.15, 0.2) is 58.2 Å². The molecule has 1 aromatic heterocycles. The van der Waals surface area contributed by atoms with Gasteiger partial charge in [0.25, 0.3) is 5.22 Å². The first-order chi connectivity index (χ1) is 12.3. The zero-order valence-corrected chi connectivity index (χ0v) is 13.8. The molecule has 8 heteroatoms. The first-order valence-electron chi connectivity index (χ1n) is 7.49. The van der Waals surface area contributed by atoms with Crippen LogP contribution in [-0.4, -0.2) is 28.7 Å². The highest BCUT2D eigenvalue weighted by Crippen LogP contribution is 2.35. The third-order valence-electron chi connectivity index (χ3n) is 3.41. The van der Waals surface area contributed by atoms with E-state index in [2.05, 4.69) is 15.5 Å². The van der Waals surface area contributed by atoms with E-state index in [0.29, 0.717) is 22.6 Å². The molecular weight excluding hydrogens is 342 g/mol. The monoisotopic (exact) mass is 355 g/mol. The van der Waals surface area contributed by atoms with Crippen molar-refractivity contribution in [3.05, 3.63) is 48.5 Å². The number of benzene rings is 2. The number of amides is 1. The Hall–Kier alpha value is -3.00. The van der Waals surface area contributed by atoms with E-state index in [4.69, 9.17) is 13.9 Å². The van der Waals surface area contributed by atoms with E-state index in [1.807, 2.05) is 36.4 Å². The predicted molar refractivity (Wildman–Crippen MR) is 91.7 cm³/mol. The molecule has 2 heterocycles. The molecule has 1 amide bonds. The summed E-state index contributed by atoms with van der Waals surface area (Å²) in [6.45, 7) is 0.209. The SMILES string of the molecule is O=C(CSc1nnc(-c2ccc3c(c2)OCO3)o1)Nc1ccccc1. The molecule has 0 aliphatic carbocycles. The Bertz CT molecular complexity index is 898. The molecule has 1 aliphatic rings. The lowest BCUT2D eigenvalue weighted by atomic mass is 10.2. The smallest absolute Gasteiger partial charge is 0.277 e. The molecule has 126 valence electrons. The first kappa shape index (κ1) is 15.5. The van der Waals surface area contributed by atoms with E-state index in [9.17, 15) is 4.79 Å².